The molecule has 1 aromatic rings. The van der Waals surface area contributed by atoms with E-state index in [4.69, 9.17) is 0 Å². The molecule has 0 fully saturated rings. The molecule has 0 aliphatic carbocycles. The van der Waals surface area contributed by atoms with E-state index in [1.54, 1.807) is 25.4 Å². The molecule has 0 amide bonds. The number of anilines is 1. The molecule has 1 aromatic heterocycles. The van der Waals surface area contributed by atoms with Crippen LogP contribution in [0.1, 0.15) is 6.92 Å². The van der Waals surface area contributed by atoms with Crippen LogP contribution in [0, 0.1) is 0 Å². The highest BCUT2D eigenvalue weighted by molar-refractivity contribution is 5.23. The van der Waals surface area contributed by atoms with Gasteiger partial charge in [-0.1, -0.05) is 0 Å². The van der Waals surface area contributed by atoms with E-state index in [1.165, 1.54) is 0 Å². The monoisotopic (exact) mass is 152 g/mol. The Labute approximate surface area is 65.3 Å². The van der Waals surface area contributed by atoms with E-state index in [0.29, 0.717) is 5.95 Å². The van der Waals surface area contributed by atoms with Gasteiger partial charge in [0.05, 0.1) is 6.04 Å². The molecule has 0 aliphatic rings. The Hall–Kier alpha value is -1.16. The summed E-state index contributed by atoms with van der Waals surface area (Å²) in [5, 5.41) is 13.2. The van der Waals surface area contributed by atoms with Gasteiger partial charge in [0.2, 0.25) is 5.95 Å². The SMILES string of the molecule is CC(C[O])Nc1ncccn1. The lowest BCUT2D eigenvalue weighted by atomic mass is 10.4. The van der Waals surface area contributed by atoms with Crippen LogP contribution in [0.3, 0.4) is 0 Å². The van der Waals surface area contributed by atoms with Crippen molar-refractivity contribution in [2.45, 2.75) is 13.0 Å². The molecule has 1 unspecified atom stereocenters. The summed E-state index contributed by atoms with van der Waals surface area (Å²) in [5.74, 6) is 0.510. The summed E-state index contributed by atoms with van der Waals surface area (Å²) in [7, 11) is 0. The Morgan fingerprint density at radius 1 is 1.55 bits per heavy atom. The molecule has 1 radical (unpaired) electrons. The molecule has 1 N–H and O–H groups in total. The van der Waals surface area contributed by atoms with Crippen LogP contribution < -0.4 is 5.32 Å². The largest absolute Gasteiger partial charge is 0.349 e. The maximum atomic E-state index is 10.3. The fourth-order valence-corrected chi connectivity index (χ4v) is 0.636. The molecule has 0 spiro atoms. The minimum absolute atomic E-state index is 0.114. The van der Waals surface area contributed by atoms with Gasteiger partial charge in [0.25, 0.3) is 0 Å². The first kappa shape index (κ1) is 7.94. The zero-order chi connectivity index (χ0) is 8.10. The quantitative estimate of drug-likeness (QED) is 0.693. The summed E-state index contributed by atoms with van der Waals surface area (Å²) in [6.45, 7) is 1.63. The van der Waals surface area contributed by atoms with Crippen molar-refractivity contribution in [1.82, 2.24) is 9.97 Å². The van der Waals surface area contributed by atoms with Crippen LogP contribution in [-0.4, -0.2) is 22.6 Å². The maximum Gasteiger partial charge on any atom is 0.222 e. The molecule has 1 heterocycles. The number of hydrogen-bond donors (Lipinski definition) is 1. The van der Waals surface area contributed by atoms with E-state index in [9.17, 15) is 5.11 Å². The summed E-state index contributed by atoms with van der Waals surface area (Å²) >= 11 is 0. The highest BCUT2D eigenvalue weighted by atomic mass is 16.3. The van der Waals surface area contributed by atoms with Crippen LogP contribution in [0.25, 0.3) is 0 Å². The summed E-state index contributed by atoms with van der Waals surface area (Å²) < 4.78 is 0. The van der Waals surface area contributed by atoms with E-state index in [0.717, 1.165) is 0 Å². The van der Waals surface area contributed by atoms with Crippen LogP contribution >= 0.6 is 0 Å². The molecule has 0 bridgehead atoms. The van der Waals surface area contributed by atoms with Crippen molar-refractivity contribution in [2.24, 2.45) is 0 Å². The van der Waals surface area contributed by atoms with Crippen LogP contribution in [0.4, 0.5) is 5.95 Å². The van der Waals surface area contributed by atoms with E-state index in [-0.39, 0.29) is 12.6 Å². The molecular formula is C7H10N3O. The second kappa shape index (κ2) is 3.88. The lowest BCUT2D eigenvalue weighted by Crippen LogP contribution is -2.19. The third-order valence-electron chi connectivity index (χ3n) is 1.19. The fourth-order valence-electron chi connectivity index (χ4n) is 0.636. The molecule has 4 heteroatoms. The van der Waals surface area contributed by atoms with Gasteiger partial charge in [-0.3, -0.25) is 0 Å². The normalized spacial score (nSPS) is 12.5. The van der Waals surface area contributed by atoms with Crippen LogP contribution in [0.2, 0.25) is 0 Å². The van der Waals surface area contributed by atoms with Gasteiger partial charge in [-0.2, -0.15) is 0 Å². The third kappa shape index (κ3) is 2.51. The summed E-state index contributed by atoms with van der Waals surface area (Å²) in [6, 6.07) is 1.62. The summed E-state index contributed by atoms with van der Waals surface area (Å²) in [6.07, 6.45) is 3.26. The first-order valence-electron chi connectivity index (χ1n) is 3.44. The average Bonchev–Trinajstić information content (AvgIpc) is 2.06. The minimum atomic E-state index is -0.168. The van der Waals surface area contributed by atoms with Crippen LogP contribution in [0.5, 0.6) is 0 Å². The van der Waals surface area contributed by atoms with Crippen LogP contribution in [0.15, 0.2) is 18.5 Å². The minimum Gasteiger partial charge on any atom is -0.349 e. The predicted octanol–water partition coefficient (Wildman–Crippen LogP) is 0.708. The smallest absolute Gasteiger partial charge is 0.222 e. The van der Waals surface area contributed by atoms with Crippen molar-refractivity contribution in [2.75, 3.05) is 11.9 Å². The van der Waals surface area contributed by atoms with Gasteiger partial charge in [0.15, 0.2) is 0 Å². The topological polar surface area (TPSA) is 57.7 Å². The Bertz CT molecular complexity index is 202. The van der Waals surface area contributed by atoms with Crippen molar-refractivity contribution < 1.29 is 5.11 Å². The Morgan fingerprint density at radius 3 is 2.73 bits per heavy atom. The van der Waals surface area contributed by atoms with E-state index >= 15 is 0 Å². The zero-order valence-corrected chi connectivity index (χ0v) is 6.32. The van der Waals surface area contributed by atoms with Crippen molar-refractivity contribution >= 4 is 5.95 Å². The molecule has 0 saturated carbocycles. The van der Waals surface area contributed by atoms with Crippen LogP contribution in [-0.2, 0) is 5.11 Å². The molecule has 1 atom stereocenters. The summed E-state index contributed by atoms with van der Waals surface area (Å²) in [5.41, 5.74) is 0. The molecule has 1 rings (SSSR count). The van der Waals surface area contributed by atoms with Gasteiger partial charge in [0, 0.05) is 12.4 Å². The van der Waals surface area contributed by atoms with Gasteiger partial charge in [-0.15, -0.1) is 0 Å². The second-order valence-electron chi connectivity index (χ2n) is 2.28. The Balaban J connectivity index is 2.51. The number of rotatable bonds is 3. The molecular weight excluding hydrogens is 142 g/mol. The molecule has 59 valence electrons. The standard InChI is InChI=1S/C7H10N3O/c1-6(5-11)10-7-8-3-2-4-9-7/h2-4,6H,5H2,1H3,(H,8,9,10). The number of nitrogens with one attached hydrogen (secondary N) is 1. The highest BCUT2D eigenvalue weighted by Gasteiger charge is 2.00. The van der Waals surface area contributed by atoms with Gasteiger partial charge in [-0.05, 0) is 13.0 Å². The first-order valence-corrected chi connectivity index (χ1v) is 3.44. The second-order valence-corrected chi connectivity index (χ2v) is 2.28. The van der Waals surface area contributed by atoms with Gasteiger partial charge >= 0.3 is 0 Å². The number of nitrogens with zero attached hydrogens (tertiary/aromatic N) is 2. The zero-order valence-electron chi connectivity index (χ0n) is 6.32. The molecule has 0 saturated heterocycles. The van der Waals surface area contributed by atoms with Gasteiger partial charge < -0.3 is 5.32 Å². The summed E-state index contributed by atoms with van der Waals surface area (Å²) in [4.78, 5) is 7.81. The Kier molecular flexibility index (Phi) is 2.80. The maximum absolute atomic E-state index is 10.3. The third-order valence-corrected chi connectivity index (χ3v) is 1.19. The van der Waals surface area contributed by atoms with Crippen molar-refractivity contribution in [1.29, 1.82) is 0 Å². The van der Waals surface area contributed by atoms with Crippen molar-refractivity contribution in [3.8, 4) is 0 Å². The average molecular weight is 152 g/mol. The molecule has 4 nitrogen and oxygen atoms in total. The van der Waals surface area contributed by atoms with Crippen molar-refractivity contribution in [3.05, 3.63) is 18.5 Å². The van der Waals surface area contributed by atoms with Crippen molar-refractivity contribution in [3.63, 3.8) is 0 Å². The molecule has 0 aromatic carbocycles. The van der Waals surface area contributed by atoms with E-state index < -0.39 is 0 Å². The van der Waals surface area contributed by atoms with Gasteiger partial charge in [-0.25, -0.2) is 15.1 Å². The highest BCUT2D eigenvalue weighted by Crippen LogP contribution is 1.96. The fraction of sp³-hybridized carbons (Fsp3) is 0.429. The number of aromatic nitrogens is 2. The lowest BCUT2D eigenvalue weighted by Gasteiger charge is -2.07. The lowest BCUT2D eigenvalue weighted by molar-refractivity contribution is 0.184. The van der Waals surface area contributed by atoms with Gasteiger partial charge in [0.1, 0.15) is 6.61 Å². The van der Waals surface area contributed by atoms with E-state index in [2.05, 4.69) is 15.3 Å². The Morgan fingerprint density at radius 2 is 2.18 bits per heavy atom. The first-order chi connectivity index (χ1) is 5.33. The number of hydrogen-bond acceptors (Lipinski definition) is 3. The van der Waals surface area contributed by atoms with E-state index in [1.807, 2.05) is 0 Å². The predicted molar refractivity (Wildman–Crippen MR) is 40.7 cm³/mol. The molecule has 0 aliphatic heterocycles. The molecule has 11 heavy (non-hydrogen) atoms.